The van der Waals surface area contributed by atoms with Crippen LogP contribution in [0.3, 0.4) is 0 Å². The van der Waals surface area contributed by atoms with E-state index >= 15 is 0 Å². The minimum atomic E-state index is -0.0301. The number of oxime groups is 1. The van der Waals surface area contributed by atoms with E-state index in [0.29, 0.717) is 5.69 Å². The zero-order valence-corrected chi connectivity index (χ0v) is 6.02. The molecule has 0 unspecified atom stereocenters. The van der Waals surface area contributed by atoms with Gasteiger partial charge in [-0.2, -0.15) is 0 Å². The van der Waals surface area contributed by atoms with E-state index in [0.717, 1.165) is 5.69 Å². The van der Waals surface area contributed by atoms with Gasteiger partial charge in [-0.3, -0.25) is 4.98 Å². The molecule has 0 aliphatic carbocycles. The Labute approximate surface area is 63.6 Å². The molecule has 58 valence electrons. The zero-order chi connectivity index (χ0) is 8.27. The van der Waals surface area contributed by atoms with Gasteiger partial charge in [-0.05, 0) is 6.92 Å². The standard InChI is InChI=1S/C6H8N4O/c1-4-2-9-5(3-8-4)6(7)10-11/h2-3,11H,1H3,(H2,7,10). The van der Waals surface area contributed by atoms with Crippen LogP contribution in [0.2, 0.25) is 0 Å². The van der Waals surface area contributed by atoms with Crippen LogP contribution in [0.4, 0.5) is 0 Å². The quantitative estimate of drug-likeness (QED) is 0.254. The Morgan fingerprint density at radius 1 is 1.55 bits per heavy atom. The van der Waals surface area contributed by atoms with Crippen molar-refractivity contribution in [2.75, 3.05) is 0 Å². The van der Waals surface area contributed by atoms with E-state index in [4.69, 9.17) is 10.9 Å². The van der Waals surface area contributed by atoms with Crippen LogP contribution >= 0.6 is 0 Å². The molecule has 0 amide bonds. The van der Waals surface area contributed by atoms with Gasteiger partial charge < -0.3 is 10.9 Å². The van der Waals surface area contributed by atoms with Crippen molar-refractivity contribution < 1.29 is 5.21 Å². The topological polar surface area (TPSA) is 84.4 Å². The van der Waals surface area contributed by atoms with Crippen LogP contribution in [0, 0.1) is 6.92 Å². The summed E-state index contributed by atoms with van der Waals surface area (Å²) in [4.78, 5) is 7.78. The number of rotatable bonds is 1. The first-order valence-corrected chi connectivity index (χ1v) is 3.00. The Hall–Kier alpha value is -1.65. The predicted octanol–water partition coefficient (Wildman–Crippen LogP) is -0.120. The van der Waals surface area contributed by atoms with E-state index in [1.165, 1.54) is 6.20 Å². The number of amidine groups is 1. The average Bonchev–Trinajstić information content (AvgIpc) is 2.05. The van der Waals surface area contributed by atoms with Gasteiger partial charge in [0.1, 0.15) is 5.69 Å². The maximum Gasteiger partial charge on any atom is 0.190 e. The molecule has 11 heavy (non-hydrogen) atoms. The van der Waals surface area contributed by atoms with Gasteiger partial charge in [0.05, 0.1) is 11.9 Å². The highest BCUT2D eigenvalue weighted by molar-refractivity contribution is 5.94. The van der Waals surface area contributed by atoms with Gasteiger partial charge in [-0.25, -0.2) is 4.98 Å². The molecular weight excluding hydrogens is 144 g/mol. The molecule has 1 heterocycles. The third-order valence-electron chi connectivity index (χ3n) is 1.15. The molecule has 0 saturated heterocycles. The molecule has 0 spiro atoms. The molecular formula is C6H8N4O. The molecule has 0 aromatic carbocycles. The normalized spacial score (nSPS) is 11.5. The molecule has 0 aliphatic rings. The molecule has 5 heteroatoms. The molecule has 0 radical (unpaired) electrons. The minimum Gasteiger partial charge on any atom is -0.409 e. The lowest BCUT2D eigenvalue weighted by atomic mass is 10.4. The van der Waals surface area contributed by atoms with Gasteiger partial charge in [0, 0.05) is 6.20 Å². The number of nitrogens with zero attached hydrogens (tertiary/aromatic N) is 3. The summed E-state index contributed by atoms with van der Waals surface area (Å²) in [7, 11) is 0. The second kappa shape index (κ2) is 2.96. The van der Waals surface area contributed by atoms with Crippen molar-refractivity contribution >= 4 is 5.84 Å². The molecule has 3 N–H and O–H groups in total. The SMILES string of the molecule is Cc1cnc(/C(N)=N\O)cn1. The van der Waals surface area contributed by atoms with E-state index in [-0.39, 0.29) is 5.84 Å². The Bertz CT molecular complexity index is 266. The lowest BCUT2D eigenvalue weighted by Crippen LogP contribution is -2.15. The molecule has 1 aromatic rings. The Morgan fingerprint density at radius 3 is 2.73 bits per heavy atom. The molecule has 5 nitrogen and oxygen atoms in total. The zero-order valence-electron chi connectivity index (χ0n) is 6.02. The summed E-state index contributed by atoms with van der Waals surface area (Å²) in [5, 5.41) is 11.0. The Balaban J connectivity index is 2.99. The van der Waals surface area contributed by atoms with Crippen LogP contribution in [-0.2, 0) is 0 Å². The number of nitrogens with two attached hydrogens (primary N) is 1. The van der Waals surface area contributed by atoms with Gasteiger partial charge in [-0.1, -0.05) is 5.16 Å². The third kappa shape index (κ3) is 1.64. The monoisotopic (exact) mass is 152 g/mol. The molecule has 1 rings (SSSR count). The van der Waals surface area contributed by atoms with Crippen molar-refractivity contribution in [1.29, 1.82) is 0 Å². The molecule has 0 atom stereocenters. The van der Waals surface area contributed by atoms with Crippen LogP contribution in [-0.4, -0.2) is 21.0 Å². The van der Waals surface area contributed by atoms with Crippen LogP contribution in [0.5, 0.6) is 0 Å². The summed E-state index contributed by atoms with van der Waals surface area (Å²) < 4.78 is 0. The first kappa shape index (κ1) is 7.46. The van der Waals surface area contributed by atoms with Gasteiger partial charge >= 0.3 is 0 Å². The highest BCUT2D eigenvalue weighted by Gasteiger charge is 1.98. The fourth-order valence-corrected chi connectivity index (χ4v) is 0.576. The summed E-state index contributed by atoms with van der Waals surface area (Å²) in [6.45, 7) is 1.81. The second-order valence-corrected chi connectivity index (χ2v) is 2.03. The Morgan fingerprint density at radius 2 is 2.27 bits per heavy atom. The molecule has 0 bridgehead atoms. The number of hydrogen-bond donors (Lipinski definition) is 2. The molecule has 0 fully saturated rings. The van der Waals surface area contributed by atoms with E-state index < -0.39 is 0 Å². The second-order valence-electron chi connectivity index (χ2n) is 2.03. The number of aromatic nitrogens is 2. The van der Waals surface area contributed by atoms with Gasteiger partial charge in [0.2, 0.25) is 0 Å². The maximum atomic E-state index is 8.25. The van der Waals surface area contributed by atoms with Crippen LogP contribution in [0.25, 0.3) is 0 Å². The van der Waals surface area contributed by atoms with Crippen molar-refractivity contribution in [1.82, 2.24) is 9.97 Å². The van der Waals surface area contributed by atoms with E-state index in [1.807, 2.05) is 6.92 Å². The molecule has 1 aromatic heterocycles. The lowest BCUT2D eigenvalue weighted by molar-refractivity contribution is 0.318. The largest absolute Gasteiger partial charge is 0.409 e. The van der Waals surface area contributed by atoms with Crippen molar-refractivity contribution in [2.45, 2.75) is 6.92 Å². The first-order valence-electron chi connectivity index (χ1n) is 3.00. The highest BCUT2D eigenvalue weighted by atomic mass is 16.4. The van der Waals surface area contributed by atoms with Crippen LogP contribution in [0.1, 0.15) is 11.4 Å². The van der Waals surface area contributed by atoms with Crippen LogP contribution in [0.15, 0.2) is 17.5 Å². The summed E-state index contributed by atoms with van der Waals surface area (Å²) in [5.41, 5.74) is 6.41. The van der Waals surface area contributed by atoms with Gasteiger partial charge in [-0.15, -0.1) is 0 Å². The van der Waals surface area contributed by atoms with Crippen molar-refractivity contribution in [3.8, 4) is 0 Å². The number of hydrogen-bond acceptors (Lipinski definition) is 4. The first-order chi connectivity index (χ1) is 5.24. The van der Waals surface area contributed by atoms with Crippen LogP contribution < -0.4 is 5.73 Å². The third-order valence-corrected chi connectivity index (χ3v) is 1.15. The van der Waals surface area contributed by atoms with Crippen molar-refractivity contribution in [3.05, 3.63) is 23.8 Å². The minimum absolute atomic E-state index is 0.0301. The van der Waals surface area contributed by atoms with E-state index in [2.05, 4.69) is 15.1 Å². The van der Waals surface area contributed by atoms with E-state index in [9.17, 15) is 0 Å². The molecule has 0 aliphatic heterocycles. The maximum absolute atomic E-state index is 8.25. The van der Waals surface area contributed by atoms with Crippen molar-refractivity contribution in [2.24, 2.45) is 10.9 Å². The lowest BCUT2D eigenvalue weighted by Gasteiger charge is -1.95. The summed E-state index contributed by atoms with van der Waals surface area (Å²) in [5.74, 6) is -0.0301. The molecule has 0 saturated carbocycles. The number of aryl methyl sites for hydroxylation is 1. The van der Waals surface area contributed by atoms with Gasteiger partial charge in [0.25, 0.3) is 0 Å². The smallest absolute Gasteiger partial charge is 0.190 e. The fourth-order valence-electron chi connectivity index (χ4n) is 0.576. The summed E-state index contributed by atoms with van der Waals surface area (Å²) in [6.07, 6.45) is 3.00. The van der Waals surface area contributed by atoms with E-state index in [1.54, 1.807) is 6.20 Å². The Kier molecular flexibility index (Phi) is 2.00. The van der Waals surface area contributed by atoms with Crippen molar-refractivity contribution in [3.63, 3.8) is 0 Å². The van der Waals surface area contributed by atoms with Gasteiger partial charge in [0.15, 0.2) is 5.84 Å². The highest BCUT2D eigenvalue weighted by Crippen LogP contribution is 1.92. The fraction of sp³-hybridized carbons (Fsp3) is 0.167. The summed E-state index contributed by atoms with van der Waals surface area (Å²) >= 11 is 0. The predicted molar refractivity (Wildman–Crippen MR) is 39.3 cm³/mol. The average molecular weight is 152 g/mol. The summed E-state index contributed by atoms with van der Waals surface area (Å²) in [6, 6.07) is 0.